The summed E-state index contributed by atoms with van der Waals surface area (Å²) in [7, 11) is 0. The molecule has 1 rings (SSSR count). The zero-order valence-electron chi connectivity index (χ0n) is 10.4. The first-order valence-electron chi connectivity index (χ1n) is 5.72. The van der Waals surface area contributed by atoms with Gasteiger partial charge in [0.1, 0.15) is 6.61 Å². The maximum Gasteiger partial charge on any atom is 0.408 e. The molecule has 0 aliphatic heterocycles. The Morgan fingerprint density at radius 3 is 2.65 bits per heavy atom. The molecule has 1 amide bonds. The molecule has 0 saturated heterocycles. The number of benzene rings is 1. The van der Waals surface area contributed by atoms with Gasteiger partial charge in [-0.25, -0.2) is 4.79 Å². The summed E-state index contributed by atoms with van der Waals surface area (Å²) >= 11 is 0. The number of alkyl carbamates (subject to hydrolysis) is 1. The molecule has 1 unspecified atom stereocenters. The second-order valence-electron chi connectivity index (χ2n) is 4.16. The van der Waals surface area contributed by atoms with Crippen LogP contribution in [-0.2, 0) is 11.3 Å². The first-order chi connectivity index (χ1) is 8.09. The third kappa shape index (κ3) is 4.31. The van der Waals surface area contributed by atoms with E-state index in [1.165, 1.54) is 0 Å². The second-order valence-corrected chi connectivity index (χ2v) is 4.16. The van der Waals surface area contributed by atoms with Gasteiger partial charge in [0, 0.05) is 0 Å². The van der Waals surface area contributed by atoms with E-state index in [2.05, 4.69) is 11.9 Å². The number of carbonyl (C=O) groups is 1. The summed E-state index contributed by atoms with van der Waals surface area (Å²) in [4.78, 5) is 11.6. The van der Waals surface area contributed by atoms with Crippen LogP contribution >= 0.6 is 0 Å². The first-order valence-corrected chi connectivity index (χ1v) is 5.72. The SMILES string of the molecule is C=CC(C)(CC)NC(=O)OCc1ccccc1. The van der Waals surface area contributed by atoms with Crippen LogP contribution in [0.5, 0.6) is 0 Å². The molecule has 0 fully saturated rings. The van der Waals surface area contributed by atoms with E-state index in [1.807, 2.05) is 44.2 Å². The maximum atomic E-state index is 11.6. The molecule has 17 heavy (non-hydrogen) atoms. The largest absolute Gasteiger partial charge is 0.445 e. The molecule has 1 N–H and O–H groups in total. The Balaban J connectivity index is 2.43. The van der Waals surface area contributed by atoms with Gasteiger partial charge in [0.2, 0.25) is 0 Å². The minimum Gasteiger partial charge on any atom is -0.445 e. The third-order valence-electron chi connectivity index (χ3n) is 2.79. The van der Waals surface area contributed by atoms with Crippen molar-refractivity contribution in [1.82, 2.24) is 5.32 Å². The van der Waals surface area contributed by atoms with Crippen LogP contribution in [0.15, 0.2) is 43.0 Å². The Labute approximate surface area is 102 Å². The van der Waals surface area contributed by atoms with Crippen molar-refractivity contribution in [2.45, 2.75) is 32.4 Å². The van der Waals surface area contributed by atoms with Crippen LogP contribution in [0.1, 0.15) is 25.8 Å². The standard InChI is InChI=1S/C14H19NO2/c1-4-14(3,5-2)15-13(16)17-11-12-9-7-6-8-10-12/h4,6-10H,1,5,11H2,2-3H3,(H,15,16). The van der Waals surface area contributed by atoms with E-state index >= 15 is 0 Å². The van der Waals surface area contributed by atoms with Crippen molar-refractivity contribution in [3.63, 3.8) is 0 Å². The molecule has 3 heteroatoms. The molecule has 0 spiro atoms. The smallest absolute Gasteiger partial charge is 0.408 e. The molecule has 1 atom stereocenters. The van der Waals surface area contributed by atoms with Gasteiger partial charge in [-0.2, -0.15) is 0 Å². The molecule has 0 aliphatic carbocycles. The van der Waals surface area contributed by atoms with Crippen molar-refractivity contribution < 1.29 is 9.53 Å². The van der Waals surface area contributed by atoms with Gasteiger partial charge in [0.05, 0.1) is 5.54 Å². The summed E-state index contributed by atoms with van der Waals surface area (Å²) < 4.78 is 5.13. The van der Waals surface area contributed by atoms with E-state index in [0.717, 1.165) is 12.0 Å². The molecule has 0 aromatic heterocycles. The summed E-state index contributed by atoms with van der Waals surface area (Å²) in [5.41, 5.74) is 0.563. The molecule has 0 bridgehead atoms. The number of hydrogen-bond donors (Lipinski definition) is 1. The van der Waals surface area contributed by atoms with Crippen LogP contribution in [0.4, 0.5) is 4.79 Å². The highest BCUT2D eigenvalue weighted by atomic mass is 16.5. The van der Waals surface area contributed by atoms with Crippen molar-refractivity contribution in [3.05, 3.63) is 48.6 Å². The third-order valence-corrected chi connectivity index (χ3v) is 2.79. The predicted molar refractivity (Wildman–Crippen MR) is 68.7 cm³/mol. The van der Waals surface area contributed by atoms with E-state index in [0.29, 0.717) is 0 Å². The molecule has 1 aromatic carbocycles. The fraction of sp³-hybridized carbons (Fsp3) is 0.357. The van der Waals surface area contributed by atoms with Crippen molar-refractivity contribution in [3.8, 4) is 0 Å². The van der Waals surface area contributed by atoms with Crippen molar-refractivity contribution in [1.29, 1.82) is 0 Å². The van der Waals surface area contributed by atoms with Gasteiger partial charge in [-0.05, 0) is 18.9 Å². The Hall–Kier alpha value is -1.77. The molecule has 0 aliphatic rings. The predicted octanol–water partition coefficient (Wildman–Crippen LogP) is 3.27. The Kier molecular flexibility index (Phi) is 4.76. The summed E-state index contributed by atoms with van der Waals surface area (Å²) in [5.74, 6) is 0. The molecule has 0 radical (unpaired) electrons. The van der Waals surface area contributed by atoms with Crippen LogP contribution in [-0.4, -0.2) is 11.6 Å². The van der Waals surface area contributed by atoms with E-state index in [1.54, 1.807) is 6.08 Å². The highest BCUT2D eigenvalue weighted by molar-refractivity contribution is 5.68. The van der Waals surface area contributed by atoms with Crippen LogP contribution in [0.2, 0.25) is 0 Å². The van der Waals surface area contributed by atoms with E-state index in [4.69, 9.17) is 4.74 Å². The number of nitrogens with one attached hydrogen (secondary N) is 1. The van der Waals surface area contributed by atoms with Gasteiger partial charge in [-0.15, -0.1) is 6.58 Å². The van der Waals surface area contributed by atoms with Gasteiger partial charge < -0.3 is 10.1 Å². The first kappa shape index (κ1) is 13.3. The Morgan fingerprint density at radius 1 is 1.47 bits per heavy atom. The lowest BCUT2D eigenvalue weighted by atomic mass is 10.00. The van der Waals surface area contributed by atoms with Crippen molar-refractivity contribution in [2.24, 2.45) is 0 Å². The van der Waals surface area contributed by atoms with Gasteiger partial charge in [0.15, 0.2) is 0 Å². The molecular weight excluding hydrogens is 214 g/mol. The van der Waals surface area contributed by atoms with Gasteiger partial charge >= 0.3 is 6.09 Å². The number of ether oxygens (including phenoxy) is 1. The number of hydrogen-bond acceptors (Lipinski definition) is 2. The molecule has 3 nitrogen and oxygen atoms in total. The fourth-order valence-electron chi connectivity index (χ4n) is 1.28. The fourth-order valence-corrected chi connectivity index (χ4v) is 1.28. The zero-order valence-corrected chi connectivity index (χ0v) is 10.4. The quantitative estimate of drug-likeness (QED) is 0.793. The van der Waals surface area contributed by atoms with Gasteiger partial charge in [-0.1, -0.05) is 43.3 Å². The van der Waals surface area contributed by atoms with Crippen molar-refractivity contribution in [2.75, 3.05) is 0 Å². The van der Waals surface area contributed by atoms with E-state index < -0.39 is 11.6 Å². The average molecular weight is 233 g/mol. The monoisotopic (exact) mass is 233 g/mol. The molecule has 92 valence electrons. The normalized spacial score (nSPS) is 13.5. The molecule has 0 heterocycles. The van der Waals surface area contributed by atoms with Crippen LogP contribution in [0.3, 0.4) is 0 Å². The van der Waals surface area contributed by atoms with E-state index in [9.17, 15) is 4.79 Å². The lowest BCUT2D eigenvalue weighted by Gasteiger charge is -2.24. The van der Waals surface area contributed by atoms with Crippen LogP contribution in [0.25, 0.3) is 0 Å². The zero-order chi connectivity index (χ0) is 12.7. The molecule has 1 aromatic rings. The minimum atomic E-state index is -0.418. The summed E-state index contributed by atoms with van der Waals surface area (Å²) in [6, 6.07) is 9.59. The Bertz CT molecular complexity index is 375. The summed E-state index contributed by atoms with van der Waals surface area (Å²) in [6.45, 7) is 7.88. The highest BCUT2D eigenvalue weighted by Crippen LogP contribution is 2.10. The average Bonchev–Trinajstić information content (AvgIpc) is 2.37. The Morgan fingerprint density at radius 2 is 2.12 bits per heavy atom. The second kappa shape index (κ2) is 6.09. The minimum absolute atomic E-state index is 0.281. The number of carbonyl (C=O) groups excluding carboxylic acids is 1. The lowest BCUT2D eigenvalue weighted by molar-refractivity contribution is 0.131. The van der Waals surface area contributed by atoms with Crippen LogP contribution < -0.4 is 5.32 Å². The lowest BCUT2D eigenvalue weighted by Crippen LogP contribution is -2.43. The number of amides is 1. The molecule has 0 saturated carbocycles. The summed E-state index contributed by atoms with van der Waals surface area (Å²) in [6.07, 6.45) is 2.08. The van der Waals surface area contributed by atoms with E-state index in [-0.39, 0.29) is 6.61 Å². The van der Waals surface area contributed by atoms with Crippen molar-refractivity contribution >= 4 is 6.09 Å². The van der Waals surface area contributed by atoms with Gasteiger partial charge in [0.25, 0.3) is 0 Å². The highest BCUT2D eigenvalue weighted by Gasteiger charge is 2.20. The maximum absolute atomic E-state index is 11.6. The number of rotatable bonds is 5. The summed E-state index contributed by atoms with van der Waals surface area (Å²) in [5, 5.41) is 2.78. The molecular formula is C14H19NO2. The topological polar surface area (TPSA) is 38.3 Å². The van der Waals surface area contributed by atoms with Crippen LogP contribution in [0, 0.1) is 0 Å². The van der Waals surface area contributed by atoms with Gasteiger partial charge in [-0.3, -0.25) is 0 Å².